The van der Waals surface area contributed by atoms with Gasteiger partial charge >= 0.3 is 0 Å². The minimum absolute atomic E-state index is 0.0834. The fourth-order valence-electron chi connectivity index (χ4n) is 2.15. The van der Waals surface area contributed by atoms with E-state index in [2.05, 4.69) is 43.5 Å². The molecule has 0 saturated carbocycles. The fraction of sp³-hybridized carbons (Fsp3) is 0.588. The second kappa shape index (κ2) is 8.75. The van der Waals surface area contributed by atoms with Crippen molar-refractivity contribution in [3.63, 3.8) is 0 Å². The van der Waals surface area contributed by atoms with Gasteiger partial charge in [-0.3, -0.25) is 10.1 Å². The summed E-state index contributed by atoms with van der Waals surface area (Å²) in [6.45, 7) is 9.14. The smallest absolute Gasteiger partial charge is 0.236 e. The van der Waals surface area contributed by atoms with Gasteiger partial charge in [-0.05, 0) is 31.2 Å². The maximum absolute atomic E-state index is 12.0. The van der Waals surface area contributed by atoms with Crippen LogP contribution in [0.4, 0.5) is 0 Å². The van der Waals surface area contributed by atoms with E-state index in [9.17, 15) is 4.79 Å². The van der Waals surface area contributed by atoms with Crippen molar-refractivity contribution in [3.05, 3.63) is 35.9 Å². The van der Waals surface area contributed by atoms with Crippen molar-refractivity contribution in [3.8, 4) is 0 Å². The Hall–Kier alpha value is -1.35. The van der Waals surface area contributed by atoms with Gasteiger partial charge in [0.1, 0.15) is 0 Å². The molecule has 0 aliphatic carbocycles. The molecule has 1 aromatic rings. The molecule has 0 aliphatic rings. The number of amides is 1. The van der Waals surface area contributed by atoms with Gasteiger partial charge in [0.15, 0.2) is 0 Å². The van der Waals surface area contributed by atoms with E-state index in [0.29, 0.717) is 5.92 Å². The summed E-state index contributed by atoms with van der Waals surface area (Å²) < 4.78 is 0. The third-order valence-electron chi connectivity index (χ3n) is 3.48. The molecule has 2 unspecified atom stereocenters. The Labute approximate surface area is 123 Å². The summed E-state index contributed by atoms with van der Waals surface area (Å²) in [5.74, 6) is 0.700. The van der Waals surface area contributed by atoms with Crippen molar-refractivity contribution in [2.45, 2.75) is 52.6 Å². The lowest BCUT2D eigenvalue weighted by molar-refractivity contribution is -0.123. The molecule has 3 heteroatoms. The molecule has 1 aromatic carbocycles. The van der Waals surface area contributed by atoms with Crippen LogP contribution in [-0.2, 0) is 4.79 Å². The maximum Gasteiger partial charge on any atom is 0.236 e. The number of benzene rings is 1. The van der Waals surface area contributed by atoms with Crippen molar-refractivity contribution in [2.24, 2.45) is 5.92 Å². The molecule has 0 fully saturated rings. The molecule has 0 aromatic heterocycles. The van der Waals surface area contributed by atoms with Crippen LogP contribution in [0.2, 0.25) is 0 Å². The van der Waals surface area contributed by atoms with Crippen molar-refractivity contribution in [2.75, 3.05) is 6.54 Å². The van der Waals surface area contributed by atoms with Crippen molar-refractivity contribution in [1.82, 2.24) is 10.6 Å². The fourth-order valence-corrected chi connectivity index (χ4v) is 2.15. The third-order valence-corrected chi connectivity index (χ3v) is 3.48. The number of carbonyl (C=O) groups is 1. The number of hydrogen-bond donors (Lipinski definition) is 2. The SMILES string of the molecule is CCC(NC(C)C(=O)NCCC(C)C)c1ccccc1. The molecule has 1 rings (SSSR count). The van der Waals surface area contributed by atoms with E-state index in [4.69, 9.17) is 0 Å². The second-order valence-corrected chi connectivity index (χ2v) is 5.73. The van der Waals surface area contributed by atoms with Crippen LogP contribution >= 0.6 is 0 Å². The molecule has 112 valence electrons. The van der Waals surface area contributed by atoms with E-state index in [0.717, 1.165) is 19.4 Å². The molecular formula is C17H28N2O. The summed E-state index contributed by atoms with van der Waals surface area (Å²) >= 11 is 0. The summed E-state index contributed by atoms with van der Waals surface area (Å²) in [6, 6.07) is 10.3. The topological polar surface area (TPSA) is 41.1 Å². The summed E-state index contributed by atoms with van der Waals surface area (Å²) in [5, 5.41) is 6.40. The van der Waals surface area contributed by atoms with Gasteiger partial charge in [0.05, 0.1) is 6.04 Å². The van der Waals surface area contributed by atoms with Gasteiger partial charge in [0.25, 0.3) is 0 Å². The van der Waals surface area contributed by atoms with Crippen LogP contribution in [0, 0.1) is 5.92 Å². The molecule has 0 spiro atoms. The minimum Gasteiger partial charge on any atom is -0.355 e. The molecule has 2 atom stereocenters. The van der Waals surface area contributed by atoms with Gasteiger partial charge in [-0.25, -0.2) is 0 Å². The average Bonchev–Trinajstić information content (AvgIpc) is 2.44. The Bertz CT molecular complexity index is 389. The standard InChI is InChI=1S/C17H28N2O/c1-5-16(15-9-7-6-8-10-15)19-14(4)17(20)18-12-11-13(2)3/h6-10,13-14,16,19H,5,11-12H2,1-4H3,(H,18,20). The molecule has 0 radical (unpaired) electrons. The Morgan fingerprint density at radius 1 is 1.15 bits per heavy atom. The lowest BCUT2D eigenvalue weighted by Crippen LogP contribution is -2.44. The third kappa shape index (κ3) is 5.74. The van der Waals surface area contributed by atoms with E-state index < -0.39 is 0 Å². The molecule has 0 bridgehead atoms. The van der Waals surface area contributed by atoms with Crippen LogP contribution in [0.15, 0.2) is 30.3 Å². The van der Waals surface area contributed by atoms with Crippen molar-refractivity contribution >= 4 is 5.91 Å². The molecule has 2 N–H and O–H groups in total. The average molecular weight is 276 g/mol. The van der Waals surface area contributed by atoms with Gasteiger partial charge < -0.3 is 5.32 Å². The van der Waals surface area contributed by atoms with E-state index in [1.165, 1.54) is 5.56 Å². The normalized spacial score (nSPS) is 14.1. The first-order valence-corrected chi connectivity index (χ1v) is 7.63. The highest BCUT2D eigenvalue weighted by atomic mass is 16.2. The first-order chi connectivity index (χ1) is 9.54. The minimum atomic E-state index is -0.174. The highest BCUT2D eigenvalue weighted by Gasteiger charge is 2.17. The molecule has 0 heterocycles. The van der Waals surface area contributed by atoms with E-state index in [1.807, 2.05) is 25.1 Å². The maximum atomic E-state index is 12.0. The number of nitrogens with one attached hydrogen (secondary N) is 2. The van der Waals surface area contributed by atoms with Crippen LogP contribution in [-0.4, -0.2) is 18.5 Å². The van der Waals surface area contributed by atoms with E-state index >= 15 is 0 Å². The summed E-state index contributed by atoms with van der Waals surface area (Å²) in [5.41, 5.74) is 1.23. The van der Waals surface area contributed by atoms with Crippen LogP contribution < -0.4 is 10.6 Å². The van der Waals surface area contributed by atoms with Gasteiger partial charge in [0, 0.05) is 12.6 Å². The Morgan fingerprint density at radius 3 is 2.35 bits per heavy atom. The molecule has 20 heavy (non-hydrogen) atoms. The van der Waals surface area contributed by atoms with Crippen LogP contribution in [0.1, 0.15) is 52.1 Å². The van der Waals surface area contributed by atoms with Crippen molar-refractivity contribution in [1.29, 1.82) is 0 Å². The first-order valence-electron chi connectivity index (χ1n) is 7.63. The van der Waals surface area contributed by atoms with Gasteiger partial charge in [-0.1, -0.05) is 51.1 Å². The largest absolute Gasteiger partial charge is 0.355 e. The summed E-state index contributed by atoms with van der Waals surface area (Å²) in [4.78, 5) is 12.0. The highest BCUT2D eigenvalue weighted by molar-refractivity contribution is 5.81. The number of rotatable bonds is 8. The van der Waals surface area contributed by atoms with Crippen LogP contribution in [0.25, 0.3) is 0 Å². The zero-order valence-corrected chi connectivity index (χ0v) is 13.1. The van der Waals surface area contributed by atoms with Gasteiger partial charge in [-0.15, -0.1) is 0 Å². The molecule has 1 amide bonds. The van der Waals surface area contributed by atoms with Crippen LogP contribution in [0.3, 0.4) is 0 Å². The lowest BCUT2D eigenvalue weighted by atomic mass is 10.0. The summed E-state index contributed by atoms with van der Waals surface area (Å²) in [7, 11) is 0. The highest BCUT2D eigenvalue weighted by Crippen LogP contribution is 2.16. The second-order valence-electron chi connectivity index (χ2n) is 5.73. The predicted octanol–water partition coefficient (Wildman–Crippen LogP) is 3.28. The summed E-state index contributed by atoms with van der Waals surface area (Å²) in [6.07, 6.45) is 1.99. The van der Waals surface area contributed by atoms with Crippen molar-refractivity contribution < 1.29 is 4.79 Å². The quantitative estimate of drug-likeness (QED) is 0.765. The molecule has 0 saturated heterocycles. The lowest BCUT2D eigenvalue weighted by Gasteiger charge is -2.22. The Kier molecular flexibility index (Phi) is 7.31. The van der Waals surface area contributed by atoms with E-state index in [1.54, 1.807) is 0 Å². The first kappa shape index (κ1) is 16.7. The number of hydrogen-bond acceptors (Lipinski definition) is 2. The van der Waals surface area contributed by atoms with Gasteiger partial charge in [0.2, 0.25) is 5.91 Å². The predicted molar refractivity (Wildman–Crippen MR) is 84.5 cm³/mol. The zero-order valence-electron chi connectivity index (χ0n) is 13.1. The number of carbonyl (C=O) groups excluding carboxylic acids is 1. The molecule has 3 nitrogen and oxygen atoms in total. The monoisotopic (exact) mass is 276 g/mol. The zero-order chi connectivity index (χ0) is 15.0. The Balaban J connectivity index is 2.46. The Morgan fingerprint density at radius 2 is 1.80 bits per heavy atom. The molecular weight excluding hydrogens is 248 g/mol. The molecule has 0 aliphatic heterocycles. The van der Waals surface area contributed by atoms with Crippen LogP contribution in [0.5, 0.6) is 0 Å². The van der Waals surface area contributed by atoms with Gasteiger partial charge in [-0.2, -0.15) is 0 Å². The van der Waals surface area contributed by atoms with E-state index in [-0.39, 0.29) is 18.0 Å².